The standard InChI is InChI=1S/C33H26Si/c1-34(25-13-3-2-4-14-25,32-19-9-17-28-26-15-7-5-11-23(26)21-30(28)32)33-20-10-18-29-27-16-8-6-12-24(27)22-31(29)33/h2-20H,21-22H2,1H3. The van der Waals surface area contributed by atoms with Crippen molar-refractivity contribution in [2.75, 3.05) is 0 Å². The molecule has 0 heterocycles. The van der Waals surface area contributed by atoms with Gasteiger partial charge in [0.25, 0.3) is 0 Å². The van der Waals surface area contributed by atoms with Crippen molar-refractivity contribution < 1.29 is 0 Å². The van der Waals surface area contributed by atoms with Crippen LogP contribution in [-0.4, -0.2) is 8.07 Å². The minimum Gasteiger partial charge on any atom is -0.0624 e. The fourth-order valence-electron chi connectivity index (χ4n) is 6.48. The Kier molecular flexibility index (Phi) is 4.31. The van der Waals surface area contributed by atoms with E-state index in [1.165, 1.54) is 49.7 Å². The van der Waals surface area contributed by atoms with E-state index in [9.17, 15) is 0 Å². The molecule has 0 nitrogen and oxygen atoms in total. The molecule has 5 aromatic carbocycles. The summed E-state index contributed by atoms with van der Waals surface area (Å²) in [6, 6.07) is 43.4. The number of hydrogen-bond acceptors (Lipinski definition) is 0. The molecule has 2 aliphatic rings. The highest BCUT2D eigenvalue weighted by molar-refractivity contribution is 7.11. The normalized spacial score (nSPS) is 13.2. The smallest absolute Gasteiger partial charge is 0.0624 e. The van der Waals surface area contributed by atoms with Crippen molar-refractivity contribution in [1.82, 2.24) is 0 Å². The van der Waals surface area contributed by atoms with Crippen LogP contribution in [0.5, 0.6) is 0 Å². The van der Waals surface area contributed by atoms with E-state index < -0.39 is 8.07 Å². The van der Waals surface area contributed by atoms with Crippen LogP contribution in [0.4, 0.5) is 0 Å². The third kappa shape index (κ3) is 2.71. The van der Waals surface area contributed by atoms with Gasteiger partial charge in [0.1, 0.15) is 8.07 Å². The van der Waals surface area contributed by atoms with Crippen LogP contribution >= 0.6 is 0 Å². The summed E-state index contributed by atoms with van der Waals surface area (Å²) in [6.07, 6.45) is 2.07. The maximum absolute atomic E-state index is 2.58. The molecule has 0 atom stereocenters. The van der Waals surface area contributed by atoms with Crippen molar-refractivity contribution in [2.24, 2.45) is 0 Å². The third-order valence-electron chi connectivity index (χ3n) is 8.13. The third-order valence-corrected chi connectivity index (χ3v) is 12.7. The highest BCUT2D eigenvalue weighted by atomic mass is 28.3. The highest BCUT2D eigenvalue weighted by Crippen LogP contribution is 2.38. The number of rotatable bonds is 3. The number of hydrogen-bond donors (Lipinski definition) is 0. The van der Waals surface area contributed by atoms with E-state index >= 15 is 0 Å². The summed E-state index contributed by atoms with van der Waals surface area (Å²) in [6.45, 7) is 2.58. The molecule has 162 valence electrons. The predicted molar refractivity (Wildman–Crippen MR) is 146 cm³/mol. The largest absolute Gasteiger partial charge is 0.146 e. The topological polar surface area (TPSA) is 0 Å². The molecule has 0 saturated carbocycles. The van der Waals surface area contributed by atoms with E-state index in [0.717, 1.165) is 12.8 Å². The van der Waals surface area contributed by atoms with Gasteiger partial charge in [-0.25, -0.2) is 0 Å². The molecule has 2 aliphatic carbocycles. The second kappa shape index (κ2) is 7.41. The maximum atomic E-state index is 2.58. The second-order valence-corrected chi connectivity index (χ2v) is 13.7. The molecule has 0 radical (unpaired) electrons. The van der Waals surface area contributed by atoms with Crippen molar-refractivity contribution in [3.05, 3.63) is 138 Å². The zero-order valence-electron chi connectivity index (χ0n) is 19.4. The van der Waals surface area contributed by atoms with E-state index in [2.05, 4.69) is 122 Å². The molecule has 1 heteroatoms. The zero-order valence-corrected chi connectivity index (χ0v) is 20.4. The quantitative estimate of drug-likeness (QED) is 0.231. The summed E-state index contributed by atoms with van der Waals surface area (Å²) < 4.78 is 0. The zero-order chi connectivity index (χ0) is 22.7. The maximum Gasteiger partial charge on any atom is 0.146 e. The molecular formula is C33H26Si. The Balaban J connectivity index is 1.51. The monoisotopic (exact) mass is 450 g/mol. The second-order valence-electron chi connectivity index (χ2n) is 9.82. The molecule has 0 aliphatic heterocycles. The minimum atomic E-state index is -2.27. The molecule has 0 fully saturated rings. The average molecular weight is 451 g/mol. The fraction of sp³-hybridized carbons (Fsp3) is 0.0909. The molecule has 0 amide bonds. The van der Waals surface area contributed by atoms with Gasteiger partial charge in [-0.2, -0.15) is 0 Å². The molecule has 0 spiro atoms. The SMILES string of the molecule is C[Si](c1ccccc1)(c1cccc2c1Cc1ccccc1-2)c1cccc2c1Cc1ccccc1-2. The summed E-state index contributed by atoms with van der Waals surface area (Å²) in [4.78, 5) is 0. The average Bonchev–Trinajstić information content (AvgIpc) is 3.47. The lowest BCUT2D eigenvalue weighted by Gasteiger charge is -2.33. The lowest BCUT2D eigenvalue weighted by atomic mass is 10.1. The van der Waals surface area contributed by atoms with Gasteiger partial charge < -0.3 is 0 Å². The van der Waals surface area contributed by atoms with Crippen molar-refractivity contribution in [3.8, 4) is 22.3 Å². The summed E-state index contributed by atoms with van der Waals surface area (Å²) in [5.41, 5.74) is 11.7. The summed E-state index contributed by atoms with van der Waals surface area (Å²) in [7, 11) is -2.27. The minimum absolute atomic E-state index is 1.03. The summed E-state index contributed by atoms with van der Waals surface area (Å²) in [5, 5.41) is 4.62. The molecular weight excluding hydrogens is 424 g/mol. The van der Waals surface area contributed by atoms with E-state index in [1.54, 1.807) is 10.4 Å². The van der Waals surface area contributed by atoms with Crippen LogP contribution in [-0.2, 0) is 12.8 Å². The molecule has 7 rings (SSSR count). The van der Waals surface area contributed by atoms with Gasteiger partial charge in [-0.1, -0.05) is 122 Å². The van der Waals surface area contributed by atoms with Gasteiger partial charge in [0.15, 0.2) is 0 Å². The lowest BCUT2D eigenvalue weighted by molar-refractivity contribution is 1.27. The summed E-state index contributed by atoms with van der Waals surface area (Å²) >= 11 is 0. The lowest BCUT2D eigenvalue weighted by Crippen LogP contribution is -2.66. The van der Waals surface area contributed by atoms with Gasteiger partial charge >= 0.3 is 0 Å². The van der Waals surface area contributed by atoms with Gasteiger partial charge in [0.2, 0.25) is 0 Å². The van der Waals surface area contributed by atoms with Crippen LogP contribution in [0.2, 0.25) is 6.55 Å². The Morgan fingerprint density at radius 2 is 0.882 bits per heavy atom. The Morgan fingerprint density at radius 3 is 1.41 bits per heavy atom. The predicted octanol–water partition coefficient (Wildman–Crippen LogP) is 5.93. The summed E-state index contributed by atoms with van der Waals surface area (Å²) in [5.74, 6) is 0. The number of fused-ring (bicyclic) bond motifs is 6. The van der Waals surface area contributed by atoms with Crippen LogP contribution < -0.4 is 15.6 Å². The molecule has 0 unspecified atom stereocenters. The van der Waals surface area contributed by atoms with Crippen molar-refractivity contribution in [3.63, 3.8) is 0 Å². The first-order chi connectivity index (χ1) is 16.7. The first-order valence-electron chi connectivity index (χ1n) is 12.2. The van der Waals surface area contributed by atoms with Crippen molar-refractivity contribution in [2.45, 2.75) is 19.4 Å². The van der Waals surface area contributed by atoms with Gasteiger partial charge in [0.05, 0.1) is 0 Å². The fourth-order valence-corrected chi connectivity index (χ4v) is 10.8. The van der Waals surface area contributed by atoms with Crippen molar-refractivity contribution >= 4 is 23.6 Å². The molecule has 0 saturated heterocycles. The Labute approximate surface area is 202 Å². The van der Waals surface area contributed by atoms with Crippen LogP contribution in [0.3, 0.4) is 0 Å². The van der Waals surface area contributed by atoms with Crippen LogP contribution in [0.15, 0.2) is 115 Å². The highest BCUT2D eigenvalue weighted by Gasteiger charge is 2.40. The molecule has 0 aromatic heterocycles. The van der Waals surface area contributed by atoms with E-state index in [4.69, 9.17) is 0 Å². The molecule has 5 aromatic rings. The van der Waals surface area contributed by atoms with Crippen LogP contribution in [0, 0.1) is 0 Å². The molecule has 0 N–H and O–H groups in total. The van der Waals surface area contributed by atoms with E-state index in [0.29, 0.717) is 0 Å². The van der Waals surface area contributed by atoms with Crippen LogP contribution in [0.25, 0.3) is 22.3 Å². The first kappa shape index (κ1) is 19.8. The Morgan fingerprint density at radius 1 is 0.441 bits per heavy atom. The van der Waals surface area contributed by atoms with Crippen LogP contribution in [0.1, 0.15) is 22.3 Å². The Bertz CT molecular complexity index is 1460. The number of benzene rings is 5. The first-order valence-corrected chi connectivity index (χ1v) is 14.7. The van der Waals surface area contributed by atoms with Gasteiger partial charge in [0, 0.05) is 0 Å². The Hall–Kier alpha value is -3.68. The van der Waals surface area contributed by atoms with E-state index in [1.807, 2.05) is 0 Å². The van der Waals surface area contributed by atoms with Gasteiger partial charge in [-0.15, -0.1) is 0 Å². The van der Waals surface area contributed by atoms with E-state index in [-0.39, 0.29) is 0 Å². The van der Waals surface area contributed by atoms with Gasteiger partial charge in [-0.3, -0.25) is 0 Å². The molecule has 0 bridgehead atoms. The van der Waals surface area contributed by atoms with Crippen molar-refractivity contribution in [1.29, 1.82) is 0 Å². The molecule has 34 heavy (non-hydrogen) atoms. The van der Waals surface area contributed by atoms with Gasteiger partial charge in [-0.05, 0) is 72.9 Å².